The van der Waals surface area contributed by atoms with Crippen LogP contribution in [0, 0.1) is 5.41 Å². The molecular formula is C21H27N3O5. The highest BCUT2D eigenvalue weighted by Crippen LogP contribution is 2.53. The molecular weight excluding hydrogens is 374 g/mol. The Balaban J connectivity index is 1.72. The van der Waals surface area contributed by atoms with E-state index in [0.717, 1.165) is 5.56 Å². The second-order valence-corrected chi connectivity index (χ2v) is 7.58. The Morgan fingerprint density at radius 2 is 2.00 bits per heavy atom. The van der Waals surface area contributed by atoms with Crippen molar-refractivity contribution in [2.24, 2.45) is 5.41 Å². The van der Waals surface area contributed by atoms with Crippen LogP contribution >= 0.6 is 0 Å². The summed E-state index contributed by atoms with van der Waals surface area (Å²) >= 11 is 0. The Labute approximate surface area is 170 Å². The molecule has 1 aromatic heterocycles. The highest BCUT2D eigenvalue weighted by atomic mass is 16.5. The summed E-state index contributed by atoms with van der Waals surface area (Å²) in [4.78, 5) is 30.4. The van der Waals surface area contributed by atoms with Gasteiger partial charge in [-0.05, 0) is 25.3 Å². The number of amides is 2. The first kappa shape index (κ1) is 21.0. The van der Waals surface area contributed by atoms with Crippen molar-refractivity contribution in [3.8, 4) is 0 Å². The van der Waals surface area contributed by atoms with Crippen molar-refractivity contribution < 1.29 is 24.2 Å². The molecule has 3 aliphatic rings. The number of hydrogen-bond acceptors (Lipinski definition) is 5. The number of anilines is 1. The fourth-order valence-electron chi connectivity index (χ4n) is 4.23. The lowest BCUT2D eigenvalue weighted by atomic mass is 9.58. The molecule has 4 rings (SSSR count). The van der Waals surface area contributed by atoms with Gasteiger partial charge in [-0.1, -0.05) is 18.2 Å². The van der Waals surface area contributed by atoms with E-state index in [0.29, 0.717) is 44.9 Å². The first-order valence-corrected chi connectivity index (χ1v) is 9.63. The number of hydrogen-bond donors (Lipinski definition) is 2. The summed E-state index contributed by atoms with van der Waals surface area (Å²) in [5, 5.41) is 12.5. The van der Waals surface area contributed by atoms with Crippen LogP contribution < -0.4 is 5.32 Å². The van der Waals surface area contributed by atoms with Crippen molar-refractivity contribution in [1.82, 2.24) is 9.88 Å². The van der Waals surface area contributed by atoms with E-state index >= 15 is 0 Å². The smallest absolute Gasteiger partial charge is 0.408 e. The fourth-order valence-corrected chi connectivity index (χ4v) is 4.23. The number of aromatic nitrogens is 1. The van der Waals surface area contributed by atoms with Crippen LogP contribution in [0.5, 0.6) is 0 Å². The number of carbonyl (C=O) groups excluding carboxylic acids is 1. The molecule has 0 unspecified atom stereocenters. The second kappa shape index (κ2) is 9.19. The molecule has 3 fully saturated rings. The molecule has 1 saturated carbocycles. The Morgan fingerprint density at radius 3 is 2.69 bits per heavy atom. The van der Waals surface area contributed by atoms with Crippen LogP contribution in [0.4, 0.5) is 10.6 Å². The van der Waals surface area contributed by atoms with Crippen molar-refractivity contribution >= 4 is 17.8 Å². The molecule has 2 amide bonds. The number of rotatable bonds is 10. The lowest BCUT2D eigenvalue weighted by Gasteiger charge is -2.59. The summed E-state index contributed by atoms with van der Waals surface area (Å²) in [5.41, 5.74) is 0.552. The van der Waals surface area contributed by atoms with Gasteiger partial charge in [0.25, 0.3) is 0 Å². The second-order valence-electron chi connectivity index (χ2n) is 7.58. The van der Waals surface area contributed by atoms with E-state index in [2.05, 4.69) is 23.5 Å². The summed E-state index contributed by atoms with van der Waals surface area (Å²) in [6.45, 7) is 8.83. The minimum atomic E-state index is -1.08. The number of nitrogens with one attached hydrogen (secondary N) is 1. The number of pyridine rings is 1. The minimum absolute atomic E-state index is 0.163. The molecule has 3 heterocycles. The average Bonchev–Trinajstić information content (AvgIpc) is 2.68. The van der Waals surface area contributed by atoms with Gasteiger partial charge in [0.15, 0.2) is 0 Å². The fraction of sp³-hybridized carbons (Fsp3) is 0.476. The summed E-state index contributed by atoms with van der Waals surface area (Å²) in [7, 11) is 0. The molecule has 29 heavy (non-hydrogen) atoms. The first-order chi connectivity index (χ1) is 14.0. The standard InChI is InChI=1S/C21H27N3O5/c1-3-8-28-13-15-6-5-7-22-18(15)23-19(25)17-12-21(14-29-9-4-2)10-16(11-21)24(17)20(26)27/h3-7,16-17H,1-2,8-14H2,(H,26,27)(H,22,23,25)/t16?,17-,21?/m0/s1. The number of carboxylic acid groups (broad SMARTS) is 1. The third-order valence-electron chi connectivity index (χ3n) is 5.49. The van der Waals surface area contributed by atoms with Gasteiger partial charge in [0.1, 0.15) is 11.9 Å². The number of nitrogens with zero attached hydrogens (tertiary/aromatic N) is 2. The zero-order valence-electron chi connectivity index (χ0n) is 16.4. The van der Waals surface area contributed by atoms with Crippen molar-refractivity contribution in [1.29, 1.82) is 0 Å². The van der Waals surface area contributed by atoms with E-state index in [-0.39, 0.29) is 24.0 Å². The largest absolute Gasteiger partial charge is 0.465 e. The van der Waals surface area contributed by atoms with Crippen LogP contribution in [-0.2, 0) is 20.9 Å². The zero-order valence-corrected chi connectivity index (χ0v) is 16.4. The molecule has 156 valence electrons. The molecule has 2 N–H and O–H groups in total. The molecule has 0 aromatic carbocycles. The lowest BCUT2D eigenvalue weighted by molar-refractivity contribution is -0.145. The van der Waals surface area contributed by atoms with Crippen LogP contribution in [0.3, 0.4) is 0 Å². The molecule has 1 atom stereocenters. The summed E-state index contributed by atoms with van der Waals surface area (Å²) < 4.78 is 11.1. The van der Waals surface area contributed by atoms with Crippen molar-refractivity contribution in [2.45, 2.75) is 38.0 Å². The topological polar surface area (TPSA) is 101 Å². The predicted molar refractivity (Wildman–Crippen MR) is 107 cm³/mol. The number of carbonyl (C=O) groups is 2. The number of fused-ring (bicyclic) bond motifs is 2. The zero-order chi connectivity index (χ0) is 20.9. The van der Waals surface area contributed by atoms with E-state index in [1.807, 2.05) is 6.07 Å². The highest BCUT2D eigenvalue weighted by molar-refractivity contribution is 5.96. The van der Waals surface area contributed by atoms with E-state index < -0.39 is 12.1 Å². The molecule has 0 radical (unpaired) electrons. The van der Waals surface area contributed by atoms with Crippen LogP contribution in [0.2, 0.25) is 0 Å². The highest BCUT2D eigenvalue weighted by Gasteiger charge is 2.57. The Bertz CT molecular complexity index is 775. The molecule has 2 saturated heterocycles. The van der Waals surface area contributed by atoms with Crippen molar-refractivity contribution in [2.75, 3.05) is 25.1 Å². The van der Waals surface area contributed by atoms with Gasteiger partial charge in [-0.15, -0.1) is 13.2 Å². The average molecular weight is 401 g/mol. The van der Waals surface area contributed by atoms with Gasteiger partial charge in [-0.2, -0.15) is 0 Å². The normalized spacial score (nSPS) is 25.0. The van der Waals surface area contributed by atoms with Crippen molar-refractivity contribution in [3.05, 3.63) is 49.2 Å². The van der Waals surface area contributed by atoms with Crippen LogP contribution in [0.25, 0.3) is 0 Å². The summed E-state index contributed by atoms with van der Waals surface area (Å²) in [6, 6.07) is 2.62. The monoisotopic (exact) mass is 401 g/mol. The van der Waals surface area contributed by atoms with E-state index in [1.165, 1.54) is 4.90 Å². The minimum Gasteiger partial charge on any atom is -0.465 e. The molecule has 1 aliphatic carbocycles. The van der Waals surface area contributed by atoms with Gasteiger partial charge in [0, 0.05) is 23.2 Å². The number of piperidine rings is 2. The molecule has 8 nitrogen and oxygen atoms in total. The van der Waals surface area contributed by atoms with E-state index in [1.54, 1.807) is 24.4 Å². The van der Waals surface area contributed by atoms with Gasteiger partial charge < -0.3 is 19.9 Å². The van der Waals surface area contributed by atoms with Crippen molar-refractivity contribution in [3.63, 3.8) is 0 Å². The van der Waals surface area contributed by atoms with Gasteiger partial charge in [0.05, 0.1) is 26.4 Å². The maximum atomic E-state index is 13.0. The predicted octanol–water partition coefficient (Wildman–Crippen LogP) is 2.83. The summed E-state index contributed by atoms with van der Waals surface area (Å²) in [5.74, 6) is -0.00308. The third kappa shape index (κ3) is 4.65. The molecule has 1 aromatic rings. The third-order valence-corrected chi connectivity index (χ3v) is 5.49. The van der Waals surface area contributed by atoms with Gasteiger partial charge in [-0.3, -0.25) is 9.69 Å². The first-order valence-electron chi connectivity index (χ1n) is 9.63. The quantitative estimate of drug-likeness (QED) is 0.462. The summed E-state index contributed by atoms with van der Waals surface area (Å²) in [6.07, 6.45) is 5.67. The molecule has 0 spiro atoms. The molecule has 8 heteroatoms. The lowest BCUT2D eigenvalue weighted by Crippen LogP contribution is -2.67. The van der Waals surface area contributed by atoms with Gasteiger partial charge >= 0.3 is 6.09 Å². The maximum Gasteiger partial charge on any atom is 0.408 e. The Morgan fingerprint density at radius 1 is 1.28 bits per heavy atom. The SMILES string of the molecule is C=CCOCc1cccnc1NC(=O)[C@@H]1CC2(COCC=C)CC(C2)N1C(=O)O. The van der Waals surface area contributed by atoms with Crippen LogP contribution in [0.15, 0.2) is 43.6 Å². The van der Waals surface area contributed by atoms with Crippen LogP contribution in [0.1, 0.15) is 24.8 Å². The van der Waals surface area contributed by atoms with E-state index in [4.69, 9.17) is 9.47 Å². The van der Waals surface area contributed by atoms with E-state index in [9.17, 15) is 14.7 Å². The maximum absolute atomic E-state index is 13.0. The molecule has 2 bridgehead atoms. The number of ether oxygens (including phenoxy) is 2. The van der Waals surface area contributed by atoms with Gasteiger partial charge in [0.2, 0.25) is 5.91 Å². The Hall–Kier alpha value is -2.71. The molecule has 2 aliphatic heterocycles. The van der Waals surface area contributed by atoms with Gasteiger partial charge in [-0.25, -0.2) is 9.78 Å². The van der Waals surface area contributed by atoms with Crippen LogP contribution in [-0.4, -0.2) is 58.9 Å². The Kier molecular flexibility index (Phi) is 6.66.